The summed E-state index contributed by atoms with van der Waals surface area (Å²) in [6, 6.07) is 14.1. The van der Waals surface area contributed by atoms with Gasteiger partial charge in [-0.25, -0.2) is 4.39 Å². The Labute approximate surface area is 100 Å². The zero-order valence-corrected chi connectivity index (χ0v) is 9.65. The SMILES string of the molecule is CC(Nc1ccccc1N)c1cccc(F)c1. The van der Waals surface area contributed by atoms with Crippen molar-refractivity contribution in [2.45, 2.75) is 13.0 Å². The average molecular weight is 230 g/mol. The van der Waals surface area contributed by atoms with E-state index >= 15 is 0 Å². The molecule has 17 heavy (non-hydrogen) atoms. The molecule has 0 saturated carbocycles. The Morgan fingerprint density at radius 2 is 1.88 bits per heavy atom. The molecule has 2 aromatic carbocycles. The molecule has 3 heteroatoms. The van der Waals surface area contributed by atoms with Gasteiger partial charge in [0.25, 0.3) is 0 Å². The molecule has 0 aliphatic rings. The summed E-state index contributed by atoms with van der Waals surface area (Å²) in [5.41, 5.74) is 8.29. The van der Waals surface area contributed by atoms with Crippen LogP contribution in [0.25, 0.3) is 0 Å². The molecule has 0 fully saturated rings. The minimum absolute atomic E-state index is 0.00963. The van der Waals surface area contributed by atoms with Crippen molar-refractivity contribution in [3.05, 3.63) is 59.9 Å². The van der Waals surface area contributed by atoms with Crippen molar-refractivity contribution in [1.82, 2.24) is 0 Å². The second kappa shape index (κ2) is 4.87. The van der Waals surface area contributed by atoms with E-state index in [1.54, 1.807) is 6.07 Å². The van der Waals surface area contributed by atoms with E-state index in [2.05, 4.69) is 5.32 Å². The third-order valence-corrected chi connectivity index (χ3v) is 2.68. The van der Waals surface area contributed by atoms with Crippen LogP contribution in [-0.2, 0) is 0 Å². The highest BCUT2D eigenvalue weighted by Gasteiger charge is 2.07. The summed E-state index contributed by atoms with van der Waals surface area (Å²) in [4.78, 5) is 0. The molecule has 0 aliphatic carbocycles. The van der Waals surface area contributed by atoms with Crippen molar-refractivity contribution in [3.63, 3.8) is 0 Å². The van der Waals surface area contributed by atoms with Gasteiger partial charge < -0.3 is 11.1 Å². The molecule has 1 unspecified atom stereocenters. The van der Waals surface area contributed by atoms with Gasteiger partial charge in [0, 0.05) is 6.04 Å². The van der Waals surface area contributed by atoms with Gasteiger partial charge in [-0.2, -0.15) is 0 Å². The topological polar surface area (TPSA) is 38.0 Å². The number of nitrogen functional groups attached to an aromatic ring is 1. The number of hydrogen-bond acceptors (Lipinski definition) is 2. The first kappa shape index (κ1) is 11.5. The summed E-state index contributed by atoms with van der Waals surface area (Å²) in [5, 5.41) is 3.26. The standard InChI is InChI=1S/C14H15FN2/c1-10(11-5-4-6-12(15)9-11)17-14-8-3-2-7-13(14)16/h2-10,17H,16H2,1H3. The Balaban J connectivity index is 2.17. The molecule has 0 aromatic heterocycles. The predicted octanol–water partition coefficient (Wildman–Crippen LogP) is 3.58. The lowest BCUT2D eigenvalue weighted by atomic mass is 10.1. The van der Waals surface area contributed by atoms with Crippen molar-refractivity contribution >= 4 is 11.4 Å². The van der Waals surface area contributed by atoms with E-state index in [1.165, 1.54) is 12.1 Å². The highest BCUT2D eigenvalue weighted by molar-refractivity contribution is 5.66. The number of anilines is 2. The van der Waals surface area contributed by atoms with Crippen molar-refractivity contribution < 1.29 is 4.39 Å². The van der Waals surface area contributed by atoms with Gasteiger partial charge in [-0.05, 0) is 36.8 Å². The molecule has 0 saturated heterocycles. The Bertz CT molecular complexity index is 511. The maximum atomic E-state index is 13.1. The molecule has 2 nitrogen and oxygen atoms in total. The Morgan fingerprint density at radius 3 is 2.59 bits per heavy atom. The number of hydrogen-bond donors (Lipinski definition) is 2. The zero-order valence-electron chi connectivity index (χ0n) is 9.65. The number of halogens is 1. The number of benzene rings is 2. The van der Waals surface area contributed by atoms with E-state index in [9.17, 15) is 4.39 Å². The van der Waals surface area contributed by atoms with Crippen LogP contribution in [0.3, 0.4) is 0 Å². The fourth-order valence-electron chi connectivity index (χ4n) is 1.72. The van der Waals surface area contributed by atoms with Crippen LogP contribution in [-0.4, -0.2) is 0 Å². The molecule has 0 heterocycles. The minimum atomic E-state index is -0.225. The molecule has 0 spiro atoms. The van der Waals surface area contributed by atoms with E-state index in [0.29, 0.717) is 5.69 Å². The van der Waals surface area contributed by atoms with Crippen LogP contribution in [0.1, 0.15) is 18.5 Å². The van der Waals surface area contributed by atoms with Crippen LogP contribution in [0.5, 0.6) is 0 Å². The van der Waals surface area contributed by atoms with Gasteiger partial charge in [-0.3, -0.25) is 0 Å². The minimum Gasteiger partial charge on any atom is -0.397 e. The van der Waals surface area contributed by atoms with Gasteiger partial charge in [-0.1, -0.05) is 24.3 Å². The lowest BCUT2D eigenvalue weighted by Gasteiger charge is -2.17. The Kier molecular flexibility index (Phi) is 3.28. The lowest BCUT2D eigenvalue weighted by molar-refractivity contribution is 0.623. The van der Waals surface area contributed by atoms with Crippen LogP contribution < -0.4 is 11.1 Å². The van der Waals surface area contributed by atoms with Gasteiger partial charge in [0.05, 0.1) is 11.4 Å². The van der Waals surface area contributed by atoms with E-state index in [4.69, 9.17) is 5.73 Å². The van der Waals surface area contributed by atoms with Gasteiger partial charge in [-0.15, -0.1) is 0 Å². The molecule has 2 rings (SSSR count). The first-order chi connectivity index (χ1) is 8.16. The van der Waals surface area contributed by atoms with E-state index in [0.717, 1.165) is 11.3 Å². The van der Waals surface area contributed by atoms with Crippen LogP contribution >= 0.6 is 0 Å². The Hall–Kier alpha value is -2.03. The molecule has 0 bridgehead atoms. The van der Waals surface area contributed by atoms with Gasteiger partial charge in [0.15, 0.2) is 0 Å². The summed E-state index contributed by atoms with van der Waals surface area (Å²) in [5.74, 6) is -0.225. The van der Waals surface area contributed by atoms with Crippen molar-refractivity contribution in [2.24, 2.45) is 0 Å². The van der Waals surface area contributed by atoms with E-state index < -0.39 is 0 Å². The summed E-state index contributed by atoms with van der Waals surface area (Å²) < 4.78 is 13.1. The van der Waals surface area contributed by atoms with Crippen molar-refractivity contribution in [1.29, 1.82) is 0 Å². The molecule has 3 N–H and O–H groups in total. The number of nitrogens with two attached hydrogens (primary N) is 1. The number of para-hydroxylation sites is 2. The summed E-state index contributed by atoms with van der Waals surface area (Å²) in [6.07, 6.45) is 0. The maximum Gasteiger partial charge on any atom is 0.123 e. The largest absolute Gasteiger partial charge is 0.397 e. The first-order valence-electron chi connectivity index (χ1n) is 5.53. The molecule has 1 atom stereocenters. The summed E-state index contributed by atoms with van der Waals surface area (Å²) in [7, 11) is 0. The molecule has 2 aromatic rings. The molecular weight excluding hydrogens is 215 g/mol. The Morgan fingerprint density at radius 1 is 1.12 bits per heavy atom. The third kappa shape index (κ3) is 2.75. The monoisotopic (exact) mass is 230 g/mol. The molecule has 0 aliphatic heterocycles. The lowest BCUT2D eigenvalue weighted by Crippen LogP contribution is -2.08. The van der Waals surface area contributed by atoms with Crippen LogP contribution in [0.2, 0.25) is 0 Å². The number of nitrogens with one attached hydrogen (secondary N) is 1. The van der Waals surface area contributed by atoms with Crippen LogP contribution in [0.4, 0.5) is 15.8 Å². The number of rotatable bonds is 3. The molecular formula is C14H15FN2. The fraction of sp³-hybridized carbons (Fsp3) is 0.143. The van der Waals surface area contributed by atoms with Gasteiger partial charge >= 0.3 is 0 Å². The van der Waals surface area contributed by atoms with Crippen LogP contribution in [0, 0.1) is 5.82 Å². The average Bonchev–Trinajstić information content (AvgIpc) is 2.32. The van der Waals surface area contributed by atoms with Crippen molar-refractivity contribution in [3.8, 4) is 0 Å². The predicted molar refractivity (Wildman–Crippen MR) is 69.3 cm³/mol. The normalized spacial score (nSPS) is 12.1. The van der Waals surface area contributed by atoms with Crippen molar-refractivity contribution in [2.75, 3.05) is 11.1 Å². The van der Waals surface area contributed by atoms with Gasteiger partial charge in [0.1, 0.15) is 5.82 Å². The molecule has 0 radical (unpaired) electrons. The molecule has 0 amide bonds. The third-order valence-electron chi connectivity index (χ3n) is 2.68. The quantitative estimate of drug-likeness (QED) is 0.791. The highest BCUT2D eigenvalue weighted by Crippen LogP contribution is 2.23. The smallest absolute Gasteiger partial charge is 0.123 e. The fourth-order valence-corrected chi connectivity index (χ4v) is 1.72. The first-order valence-corrected chi connectivity index (χ1v) is 5.53. The zero-order chi connectivity index (χ0) is 12.3. The van der Waals surface area contributed by atoms with Crippen LogP contribution in [0.15, 0.2) is 48.5 Å². The van der Waals surface area contributed by atoms with E-state index in [1.807, 2.05) is 37.3 Å². The second-order valence-electron chi connectivity index (χ2n) is 4.01. The van der Waals surface area contributed by atoms with Gasteiger partial charge in [0.2, 0.25) is 0 Å². The highest BCUT2D eigenvalue weighted by atomic mass is 19.1. The second-order valence-corrected chi connectivity index (χ2v) is 4.01. The maximum absolute atomic E-state index is 13.1. The van der Waals surface area contributed by atoms with E-state index in [-0.39, 0.29) is 11.9 Å². The summed E-state index contributed by atoms with van der Waals surface area (Å²) >= 11 is 0. The summed E-state index contributed by atoms with van der Waals surface area (Å²) in [6.45, 7) is 1.97. The molecule has 88 valence electrons.